The molecule has 0 aliphatic rings. The number of para-hydroxylation sites is 2. The number of benzene rings is 1. The molecular formula is C14H14N4O4. The monoisotopic (exact) mass is 302 g/mol. The molecule has 2 heterocycles. The Morgan fingerprint density at radius 2 is 1.86 bits per heavy atom. The van der Waals surface area contributed by atoms with Crippen LogP contribution in [0.2, 0.25) is 0 Å². The van der Waals surface area contributed by atoms with Crippen LogP contribution in [-0.4, -0.2) is 29.8 Å². The van der Waals surface area contributed by atoms with Crippen molar-refractivity contribution in [1.29, 1.82) is 0 Å². The molecule has 8 nitrogen and oxygen atoms in total. The van der Waals surface area contributed by atoms with Gasteiger partial charge in [-0.3, -0.25) is 14.4 Å². The largest absolute Gasteiger partial charge is 0.480 e. The van der Waals surface area contributed by atoms with Gasteiger partial charge >= 0.3 is 17.1 Å². The minimum Gasteiger partial charge on any atom is -0.480 e. The topological polar surface area (TPSA) is 98.6 Å². The van der Waals surface area contributed by atoms with Crippen LogP contribution in [0.4, 0.5) is 0 Å². The first-order valence-electron chi connectivity index (χ1n) is 6.87. The number of hydrogen-bond acceptors (Lipinski definition) is 4. The number of aromatic nitrogens is 4. The van der Waals surface area contributed by atoms with Gasteiger partial charge in [-0.25, -0.2) is 9.08 Å². The Labute approximate surface area is 123 Å². The van der Waals surface area contributed by atoms with Crippen LogP contribution in [0.25, 0.3) is 16.8 Å². The van der Waals surface area contributed by atoms with E-state index in [9.17, 15) is 14.4 Å². The maximum Gasteiger partial charge on any atom is 0.333 e. The lowest BCUT2D eigenvalue weighted by atomic mass is 10.3. The molecule has 1 aromatic carbocycles. The second-order valence-electron chi connectivity index (χ2n) is 4.94. The molecule has 3 rings (SSSR count). The third-order valence-corrected chi connectivity index (χ3v) is 3.42. The summed E-state index contributed by atoms with van der Waals surface area (Å²) in [4.78, 5) is 35.2. The Balaban J connectivity index is 2.49. The number of nitrogens with zero attached hydrogens (tertiary/aromatic N) is 4. The quantitative estimate of drug-likeness (QED) is 0.699. The van der Waals surface area contributed by atoms with Crippen LogP contribution in [0.5, 0.6) is 0 Å². The van der Waals surface area contributed by atoms with Crippen molar-refractivity contribution < 1.29 is 9.90 Å². The molecule has 0 unspecified atom stereocenters. The Kier molecular flexibility index (Phi) is 3.28. The van der Waals surface area contributed by atoms with Crippen LogP contribution in [-0.2, 0) is 17.9 Å². The lowest BCUT2D eigenvalue weighted by Gasteiger charge is -2.05. The fourth-order valence-corrected chi connectivity index (χ4v) is 2.56. The van der Waals surface area contributed by atoms with Gasteiger partial charge in [0.15, 0.2) is 0 Å². The van der Waals surface area contributed by atoms with Crippen molar-refractivity contribution in [3.05, 3.63) is 45.0 Å². The zero-order valence-electron chi connectivity index (χ0n) is 11.9. The molecule has 2 aromatic heterocycles. The molecular weight excluding hydrogens is 288 g/mol. The number of rotatable bonds is 4. The highest BCUT2D eigenvalue weighted by atomic mass is 16.4. The summed E-state index contributed by atoms with van der Waals surface area (Å²) in [7, 11) is 0. The molecule has 0 saturated heterocycles. The van der Waals surface area contributed by atoms with E-state index < -0.39 is 23.6 Å². The lowest BCUT2D eigenvalue weighted by Crippen LogP contribution is -2.41. The number of fused-ring (bicyclic) bond motifs is 3. The number of hydrogen-bond donors (Lipinski definition) is 1. The van der Waals surface area contributed by atoms with Crippen molar-refractivity contribution >= 4 is 22.8 Å². The summed E-state index contributed by atoms with van der Waals surface area (Å²) in [5.74, 6) is -0.953. The number of imidazole rings is 1. The predicted molar refractivity (Wildman–Crippen MR) is 79.1 cm³/mol. The van der Waals surface area contributed by atoms with Crippen LogP contribution in [0, 0.1) is 0 Å². The smallest absolute Gasteiger partial charge is 0.333 e. The first-order chi connectivity index (χ1) is 10.5. The molecule has 0 amide bonds. The van der Waals surface area contributed by atoms with Crippen molar-refractivity contribution in [2.75, 3.05) is 0 Å². The minimum absolute atomic E-state index is 0.272. The molecule has 0 saturated carbocycles. The average Bonchev–Trinajstić information content (AvgIpc) is 2.79. The Hall–Kier alpha value is -2.90. The SMILES string of the molecule is CCCn1c2ccccc2n2c(=O)c(=O)n(CC(=O)O)nc12. The number of carboxylic acid groups (broad SMARTS) is 1. The molecule has 1 N–H and O–H groups in total. The fraction of sp³-hybridized carbons (Fsp3) is 0.286. The summed E-state index contributed by atoms with van der Waals surface area (Å²) >= 11 is 0. The zero-order chi connectivity index (χ0) is 15.9. The average molecular weight is 302 g/mol. The number of carboxylic acids is 1. The van der Waals surface area contributed by atoms with Gasteiger partial charge < -0.3 is 9.67 Å². The molecule has 0 radical (unpaired) electrons. The van der Waals surface area contributed by atoms with Gasteiger partial charge in [0.25, 0.3) is 0 Å². The van der Waals surface area contributed by atoms with Gasteiger partial charge in [-0.2, -0.15) is 0 Å². The van der Waals surface area contributed by atoms with E-state index >= 15 is 0 Å². The summed E-state index contributed by atoms with van der Waals surface area (Å²) in [6.45, 7) is 1.95. The van der Waals surface area contributed by atoms with Crippen LogP contribution >= 0.6 is 0 Å². The molecule has 0 fully saturated rings. The highest BCUT2D eigenvalue weighted by Gasteiger charge is 2.17. The molecule has 0 aliphatic heterocycles. The predicted octanol–water partition coefficient (Wildman–Crippen LogP) is 0.305. The van der Waals surface area contributed by atoms with Crippen LogP contribution < -0.4 is 11.1 Å². The van der Waals surface area contributed by atoms with Gasteiger partial charge in [-0.05, 0) is 18.6 Å². The zero-order valence-corrected chi connectivity index (χ0v) is 11.9. The van der Waals surface area contributed by atoms with E-state index in [1.54, 1.807) is 12.1 Å². The molecule has 3 aromatic rings. The Bertz CT molecular complexity index is 996. The van der Waals surface area contributed by atoms with Gasteiger partial charge in [0.1, 0.15) is 6.54 Å². The third-order valence-electron chi connectivity index (χ3n) is 3.42. The van der Waals surface area contributed by atoms with Gasteiger partial charge in [0.05, 0.1) is 11.0 Å². The van der Waals surface area contributed by atoms with Crippen molar-refractivity contribution in [3.8, 4) is 0 Å². The second-order valence-corrected chi connectivity index (χ2v) is 4.94. The van der Waals surface area contributed by atoms with Gasteiger partial charge in [0.2, 0.25) is 5.78 Å². The van der Waals surface area contributed by atoms with Gasteiger partial charge in [0, 0.05) is 6.54 Å². The summed E-state index contributed by atoms with van der Waals surface area (Å²) in [5, 5.41) is 12.9. The lowest BCUT2D eigenvalue weighted by molar-refractivity contribution is -0.138. The first-order valence-corrected chi connectivity index (χ1v) is 6.87. The van der Waals surface area contributed by atoms with E-state index in [0.717, 1.165) is 11.9 Å². The van der Waals surface area contributed by atoms with E-state index in [0.29, 0.717) is 16.7 Å². The highest BCUT2D eigenvalue weighted by molar-refractivity contribution is 5.80. The van der Waals surface area contributed by atoms with E-state index in [4.69, 9.17) is 5.11 Å². The maximum absolute atomic E-state index is 12.3. The summed E-state index contributed by atoms with van der Waals surface area (Å²) in [6, 6.07) is 7.18. The Morgan fingerprint density at radius 1 is 1.18 bits per heavy atom. The van der Waals surface area contributed by atoms with Crippen molar-refractivity contribution in [3.63, 3.8) is 0 Å². The van der Waals surface area contributed by atoms with E-state index in [1.165, 1.54) is 4.40 Å². The molecule has 8 heteroatoms. The molecule has 22 heavy (non-hydrogen) atoms. The number of aryl methyl sites for hydroxylation is 1. The summed E-state index contributed by atoms with van der Waals surface area (Å²) in [6.07, 6.45) is 0.808. The van der Waals surface area contributed by atoms with E-state index in [-0.39, 0.29) is 5.78 Å². The molecule has 0 atom stereocenters. The van der Waals surface area contributed by atoms with E-state index in [2.05, 4.69) is 5.10 Å². The van der Waals surface area contributed by atoms with Gasteiger partial charge in [-0.15, -0.1) is 5.10 Å². The highest BCUT2D eigenvalue weighted by Crippen LogP contribution is 2.17. The van der Waals surface area contributed by atoms with Crippen LogP contribution in [0.3, 0.4) is 0 Å². The molecule has 114 valence electrons. The number of carbonyl (C=O) groups is 1. The fourth-order valence-electron chi connectivity index (χ4n) is 2.56. The Morgan fingerprint density at radius 3 is 2.50 bits per heavy atom. The molecule has 0 aliphatic carbocycles. The normalized spacial score (nSPS) is 11.3. The van der Waals surface area contributed by atoms with Crippen LogP contribution in [0.15, 0.2) is 33.9 Å². The maximum atomic E-state index is 12.3. The van der Waals surface area contributed by atoms with Crippen LogP contribution in [0.1, 0.15) is 13.3 Å². The molecule has 0 spiro atoms. The summed E-state index contributed by atoms with van der Waals surface area (Å²) in [5.41, 5.74) is -0.374. The van der Waals surface area contributed by atoms with E-state index in [1.807, 2.05) is 23.6 Å². The number of aliphatic carboxylic acids is 1. The van der Waals surface area contributed by atoms with Gasteiger partial charge in [-0.1, -0.05) is 19.1 Å². The standard InChI is InChI=1S/C14H14N4O4/c1-2-7-16-9-5-3-4-6-10(9)18-13(22)12(21)17(8-11(19)20)15-14(16)18/h3-6H,2,7-8H2,1H3,(H,19,20). The second kappa shape index (κ2) is 5.14. The minimum atomic E-state index is -1.23. The summed E-state index contributed by atoms with van der Waals surface area (Å²) < 4.78 is 3.76. The molecule has 0 bridgehead atoms. The first kappa shape index (κ1) is 14.1. The van der Waals surface area contributed by atoms with Crippen molar-refractivity contribution in [2.24, 2.45) is 0 Å². The van der Waals surface area contributed by atoms with Crippen molar-refractivity contribution in [1.82, 2.24) is 18.7 Å². The van der Waals surface area contributed by atoms with Crippen molar-refractivity contribution in [2.45, 2.75) is 26.4 Å². The third kappa shape index (κ3) is 2.00.